The molecule has 0 unspecified atom stereocenters. The minimum atomic E-state index is -0.263. The number of amides is 1. The standard InChI is InChI=1S/C13H16FNO/c1-9-7-11(5-6-12(9)14)13(16)15(2)8-10-3-4-10/h5-7,10H,3-4,8H2,1-2H3. The molecule has 1 saturated carbocycles. The number of rotatable bonds is 3. The van der Waals surface area contributed by atoms with Crippen LogP contribution in [0.15, 0.2) is 18.2 Å². The first-order chi connectivity index (χ1) is 7.58. The molecular weight excluding hydrogens is 205 g/mol. The maximum atomic E-state index is 13.1. The van der Waals surface area contributed by atoms with Gasteiger partial charge in [-0.15, -0.1) is 0 Å². The number of benzene rings is 1. The van der Waals surface area contributed by atoms with Crippen LogP contribution in [0, 0.1) is 18.7 Å². The molecule has 1 aromatic carbocycles. The quantitative estimate of drug-likeness (QED) is 0.768. The van der Waals surface area contributed by atoms with Gasteiger partial charge in [-0.3, -0.25) is 4.79 Å². The van der Waals surface area contributed by atoms with Crippen molar-refractivity contribution in [3.05, 3.63) is 35.1 Å². The molecule has 3 heteroatoms. The molecule has 0 spiro atoms. The van der Waals surface area contributed by atoms with Gasteiger partial charge in [0.15, 0.2) is 0 Å². The average Bonchev–Trinajstić information content (AvgIpc) is 3.05. The third-order valence-corrected chi connectivity index (χ3v) is 2.98. The van der Waals surface area contributed by atoms with Crippen molar-refractivity contribution in [2.45, 2.75) is 19.8 Å². The van der Waals surface area contributed by atoms with E-state index in [9.17, 15) is 9.18 Å². The lowest BCUT2D eigenvalue weighted by Gasteiger charge is -2.17. The summed E-state index contributed by atoms with van der Waals surface area (Å²) in [5, 5.41) is 0. The molecule has 1 aliphatic carbocycles. The topological polar surface area (TPSA) is 20.3 Å². The van der Waals surface area contributed by atoms with Gasteiger partial charge in [-0.25, -0.2) is 4.39 Å². The summed E-state index contributed by atoms with van der Waals surface area (Å²) < 4.78 is 13.1. The van der Waals surface area contributed by atoms with Crippen LogP contribution in [0.2, 0.25) is 0 Å². The van der Waals surface area contributed by atoms with E-state index in [1.165, 1.54) is 18.9 Å². The zero-order valence-corrected chi connectivity index (χ0v) is 9.66. The maximum absolute atomic E-state index is 13.1. The van der Waals surface area contributed by atoms with E-state index < -0.39 is 0 Å². The van der Waals surface area contributed by atoms with E-state index in [1.54, 1.807) is 31.0 Å². The van der Waals surface area contributed by atoms with Crippen molar-refractivity contribution in [2.75, 3.05) is 13.6 Å². The van der Waals surface area contributed by atoms with E-state index in [0.717, 1.165) is 6.54 Å². The minimum absolute atomic E-state index is 0.0185. The lowest BCUT2D eigenvalue weighted by Crippen LogP contribution is -2.28. The molecule has 1 aliphatic rings. The van der Waals surface area contributed by atoms with E-state index in [1.807, 2.05) is 0 Å². The summed E-state index contributed by atoms with van der Waals surface area (Å²) >= 11 is 0. The van der Waals surface area contributed by atoms with E-state index in [-0.39, 0.29) is 11.7 Å². The van der Waals surface area contributed by atoms with Crippen LogP contribution in [0.4, 0.5) is 4.39 Å². The summed E-state index contributed by atoms with van der Waals surface area (Å²) in [4.78, 5) is 13.7. The van der Waals surface area contributed by atoms with Gasteiger partial charge < -0.3 is 4.90 Å². The first-order valence-corrected chi connectivity index (χ1v) is 5.59. The summed E-state index contributed by atoms with van der Waals surface area (Å²) in [7, 11) is 1.80. The van der Waals surface area contributed by atoms with Gasteiger partial charge in [0.2, 0.25) is 0 Å². The first kappa shape index (κ1) is 11.1. The van der Waals surface area contributed by atoms with Gasteiger partial charge in [0, 0.05) is 19.2 Å². The molecular formula is C13H16FNO. The zero-order chi connectivity index (χ0) is 11.7. The van der Waals surface area contributed by atoms with Crippen molar-refractivity contribution in [2.24, 2.45) is 5.92 Å². The van der Waals surface area contributed by atoms with E-state index in [4.69, 9.17) is 0 Å². The third-order valence-electron chi connectivity index (χ3n) is 2.98. The summed E-state index contributed by atoms with van der Waals surface area (Å²) in [6, 6.07) is 4.52. The molecule has 0 N–H and O–H groups in total. The molecule has 2 rings (SSSR count). The molecule has 0 aliphatic heterocycles. The number of halogens is 1. The van der Waals surface area contributed by atoms with Gasteiger partial charge in [-0.2, -0.15) is 0 Å². The summed E-state index contributed by atoms with van der Waals surface area (Å²) in [5.74, 6) is 0.395. The van der Waals surface area contributed by atoms with Crippen LogP contribution < -0.4 is 0 Å². The van der Waals surface area contributed by atoms with Gasteiger partial charge in [0.1, 0.15) is 5.82 Å². The Labute approximate surface area is 95.1 Å². The van der Waals surface area contributed by atoms with Crippen molar-refractivity contribution < 1.29 is 9.18 Å². The van der Waals surface area contributed by atoms with E-state index in [2.05, 4.69) is 0 Å². The Morgan fingerprint density at radius 2 is 2.19 bits per heavy atom. The number of nitrogens with zero attached hydrogens (tertiary/aromatic N) is 1. The Balaban J connectivity index is 2.09. The Morgan fingerprint density at radius 3 is 2.75 bits per heavy atom. The van der Waals surface area contributed by atoms with Crippen LogP contribution in [-0.2, 0) is 0 Å². The SMILES string of the molecule is Cc1cc(C(=O)N(C)CC2CC2)ccc1F. The second-order valence-electron chi connectivity index (χ2n) is 4.59. The molecule has 0 saturated heterocycles. The largest absolute Gasteiger partial charge is 0.341 e. The summed E-state index contributed by atoms with van der Waals surface area (Å²) in [6.07, 6.45) is 2.44. The fourth-order valence-electron chi connectivity index (χ4n) is 1.77. The van der Waals surface area contributed by atoms with Crippen molar-refractivity contribution in [3.8, 4) is 0 Å². The van der Waals surface area contributed by atoms with Crippen molar-refractivity contribution >= 4 is 5.91 Å². The van der Waals surface area contributed by atoms with Crippen LogP contribution in [0.25, 0.3) is 0 Å². The second-order valence-corrected chi connectivity index (χ2v) is 4.59. The molecule has 0 radical (unpaired) electrons. The molecule has 1 aromatic rings. The van der Waals surface area contributed by atoms with Gasteiger partial charge >= 0.3 is 0 Å². The van der Waals surface area contributed by atoms with Gasteiger partial charge in [-0.05, 0) is 49.4 Å². The predicted octanol–water partition coefficient (Wildman–Crippen LogP) is 2.62. The molecule has 2 nitrogen and oxygen atoms in total. The molecule has 0 heterocycles. The lowest BCUT2D eigenvalue weighted by atomic mass is 10.1. The van der Waals surface area contributed by atoms with Crippen molar-refractivity contribution in [1.82, 2.24) is 4.90 Å². The average molecular weight is 221 g/mol. The Kier molecular flexibility index (Phi) is 2.95. The van der Waals surface area contributed by atoms with E-state index >= 15 is 0 Å². The minimum Gasteiger partial charge on any atom is -0.341 e. The Morgan fingerprint density at radius 1 is 1.50 bits per heavy atom. The van der Waals surface area contributed by atoms with Gasteiger partial charge in [-0.1, -0.05) is 0 Å². The number of hydrogen-bond donors (Lipinski definition) is 0. The predicted molar refractivity (Wildman–Crippen MR) is 60.8 cm³/mol. The lowest BCUT2D eigenvalue weighted by molar-refractivity contribution is 0.0788. The molecule has 0 atom stereocenters. The normalized spacial score (nSPS) is 14.9. The first-order valence-electron chi connectivity index (χ1n) is 5.59. The van der Waals surface area contributed by atoms with Crippen molar-refractivity contribution in [3.63, 3.8) is 0 Å². The van der Waals surface area contributed by atoms with Crippen molar-refractivity contribution in [1.29, 1.82) is 0 Å². The highest BCUT2D eigenvalue weighted by molar-refractivity contribution is 5.94. The molecule has 16 heavy (non-hydrogen) atoms. The molecule has 86 valence electrons. The molecule has 0 aromatic heterocycles. The van der Waals surface area contributed by atoms with Gasteiger partial charge in [0.25, 0.3) is 5.91 Å². The maximum Gasteiger partial charge on any atom is 0.253 e. The summed E-state index contributed by atoms with van der Waals surface area (Å²) in [5.41, 5.74) is 1.09. The smallest absolute Gasteiger partial charge is 0.253 e. The summed E-state index contributed by atoms with van der Waals surface area (Å²) in [6.45, 7) is 2.49. The third kappa shape index (κ3) is 2.40. The fraction of sp³-hybridized carbons (Fsp3) is 0.462. The fourth-order valence-corrected chi connectivity index (χ4v) is 1.77. The highest BCUT2D eigenvalue weighted by Crippen LogP contribution is 2.29. The van der Waals surface area contributed by atoms with Gasteiger partial charge in [0.05, 0.1) is 0 Å². The Hall–Kier alpha value is -1.38. The number of carbonyl (C=O) groups excluding carboxylic acids is 1. The highest BCUT2D eigenvalue weighted by atomic mass is 19.1. The van der Waals surface area contributed by atoms with Crippen LogP contribution in [0.1, 0.15) is 28.8 Å². The second kappa shape index (κ2) is 4.24. The molecule has 0 bridgehead atoms. The van der Waals surface area contributed by atoms with Crippen LogP contribution in [-0.4, -0.2) is 24.4 Å². The van der Waals surface area contributed by atoms with Crippen LogP contribution >= 0.6 is 0 Å². The monoisotopic (exact) mass is 221 g/mol. The van der Waals surface area contributed by atoms with Crippen LogP contribution in [0.3, 0.4) is 0 Å². The Bertz CT molecular complexity index is 412. The highest BCUT2D eigenvalue weighted by Gasteiger charge is 2.25. The number of hydrogen-bond acceptors (Lipinski definition) is 1. The van der Waals surface area contributed by atoms with Crippen LogP contribution in [0.5, 0.6) is 0 Å². The number of carbonyl (C=O) groups is 1. The number of aryl methyl sites for hydroxylation is 1. The van der Waals surface area contributed by atoms with E-state index in [0.29, 0.717) is 17.0 Å². The molecule has 1 fully saturated rings. The zero-order valence-electron chi connectivity index (χ0n) is 9.66. The molecule has 1 amide bonds.